The highest BCUT2D eigenvalue weighted by molar-refractivity contribution is 6.17. The Balaban J connectivity index is 1.80. The molecular formula is C19H16F3NO2. The van der Waals surface area contributed by atoms with Gasteiger partial charge in [-0.3, -0.25) is 14.5 Å². The minimum Gasteiger partial charge on any atom is -0.274 e. The SMILES string of the molecule is Cc1ccc(C2CC(=O)N(c3ccc(C(F)(F)F)cc3)C(=O)C2)cc1. The lowest BCUT2D eigenvalue weighted by Gasteiger charge is -2.30. The second kappa shape index (κ2) is 6.35. The van der Waals surface area contributed by atoms with E-state index in [-0.39, 0.29) is 24.4 Å². The fraction of sp³-hybridized carbons (Fsp3) is 0.263. The molecule has 0 bridgehead atoms. The van der Waals surface area contributed by atoms with Crippen molar-refractivity contribution in [1.29, 1.82) is 0 Å². The quantitative estimate of drug-likeness (QED) is 0.753. The van der Waals surface area contributed by atoms with Crippen LogP contribution in [0, 0.1) is 6.92 Å². The molecule has 0 spiro atoms. The van der Waals surface area contributed by atoms with E-state index in [1.165, 1.54) is 0 Å². The van der Waals surface area contributed by atoms with Crippen LogP contribution in [0.5, 0.6) is 0 Å². The number of carbonyl (C=O) groups excluding carboxylic acids is 2. The maximum Gasteiger partial charge on any atom is 0.416 e. The normalized spacial score (nSPS) is 16.4. The lowest BCUT2D eigenvalue weighted by molar-refractivity contribution is -0.137. The second-order valence-corrected chi connectivity index (χ2v) is 6.18. The Morgan fingerprint density at radius 3 is 1.88 bits per heavy atom. The molecule has 2 amide bonds. The molecule has 0 N–H and O–H groups in total. The number of anilines is 1. The van der Waals surface area contributed by atoms with Gasteiger partial charge in [-0.1, -0.05) is 29.8 Å². The molecule has 1 aliphatic heterocycles. The van der Waals surface area contributed by atoms with Crippen LogP contribution in [0.4, 0.5) is 18.9 Å². The van der Waals surface area contributed by atoms with E-state index in [1.54, 1.807) is 0 Å². The van der Waals surface area contributed by atoms with Crippen LogP contribution in [0.25, 0.3) is 0 Å². The number of benzene rings is 2. The predicted octanol–water partition coefficient (Wildman–Crippen LogP) is 4.45. The molecule has 1 aliphatic rings. The van der Waals surface area contributed by atoms with Gasteiger partial charge < -0.3 is 0 Å². The number of hydrogen-bond acceptors (Lipinski definition) is 2. The summed E-state index contributed by atoms with van der Waals surface area (Å²) in [5, 5.41) is 0. The van der Waals surface area contributed by atoms with Gasteiger partial charge in [-0.15, -0.1) is 0 Å². The van der Waals surface area contributed by atoms with Gasteiger partial charge in [0.2, 0.25) is 11.8 Å². The number of rotatable bonds is 2. The van der Waals surface area contributed by atoms with Crippen LogP contribution in [-0.2, 0) is 15.8 Å². The van der Waals surface area contributed by atoms with E-state index in [1.807, 2.05) is 31.2 Å². The molecule has 0 aliphatic carbocycles. The molecule has 1 heterocycles. The van der Waals surface area contributed by atoms with Crippen molar-refractivity contribution in [2.75, 3.05) is 4.90 Å². The molecular weight excluding hydrogens is 331 g/mol. The average Bonchev–Trinajstić information content (AvgIpc) is 2.54. The third kappa shape index (κ3) is 3.57. The van der Waals surface area contributed by atoms with Crippen molar-refractivity contribution in [3.63, 3.8) is 0 Å². The van der Waals surface area contributed by atoms with Crippen molar-refractivity contribution in [2.45, 2.75) is 31.9 Å². The van der Waals surface area contributed by atoms with Crippen LogP contribution in [0.3, 0.4) is 0 Å². The number of halogens is 3. The fourth-order valence-electron chi connectivity index (χ4n) is 2.98. The maximum atomic E-state index is 12.6. The molecule has 0 saturated carbocycles. The van der Waals surface area contributed by atoms with E-state index in [4.69, 9.17) is 0 Å². The van der Waals surface area contributed by atoms with E-state index in [2.05, 4.69) is 0 Å². The third-order valence-corrected chi connectivity index (χ3v) is 4.34. The maximum absolute atomic E-state index is 12.6. The van der Waals surface area contributed by atoms with Crippen LogP contribution in [0.15, 0.2) is 48.5 Å². The number of carbonyl (C=O) groups is 2. The summed E-state index contributed by atoms with van der Waals surface area (Å²) in [6, 6.07) is 11.7. The summed E-state index contributed by atoms with van der Waals surface area (Å²) in [4.78, 5) is 25.8. The minimum atomic E-state index is -4.45. The van der Waals surface area contributed by atoms with Crippen molar-refractivity contribution in [3.05, 3.63) is 65.2 Å². The summed E-state index contributed by atoms with van der Waals surface area (Å²) in [6.07, 6.45) is -4.16. The van der Waals surface area contributed by atoms with E-state index < -0.39 is 23.6 Å². The van der Waals surface area contributed by atoms with Crippen LogP contribution >= 0.6 is 0 Å². The molecule has 25 heavy (non-hydrogen) atoms. The molecule has 0 atom stereocenters. The predicted molar refractivity (Wildman–Crippen MR) is 87.1 cm³/mol. The monoisotopic (exact) mass is 347 g/mol. The second-order valence-electron chi connectivity index (χ2n) is 6.18. The number of amides is 2. The van der Waals surface area contributed by atoms with Crippen molar-refractivity contribution in [3.8, 4) is 0 Å². The molecule has 2 aromatic carbocycles. The molecule has 0 radical (unpaired) electrons. The van der Waals surface area contributed by atoms with Crippen molar-refractivity contribution < 1.29 is 22.8 Å². The van der Waals surface area contributed by atoms with E-state index >= 15 is 0 Å². The van der Waals surface area contributed by atoms with Crippen LogP contribution < -0.4 is 4.90 Å². The topological polar surface area (TPSA) is 37.4 Å². The lowest BCUT2D eigenvalue weighted by Crippen LogP contribution is -2.42. The molecule has 3 nitrogen and oxygen atoms in total. The highest BCUT2D eigenvalue weighted by atomic mass is 19.4. The first kappa shape index (κ1) is 17.2. The van der Waals surface area contributed by atoms with Gasteiger partial charge in [0.25, 0.3) is 0 Å². The van der Waals surface area contributed by atoms with Gasteiger partial charge >= 0.3 is 6.18 Å². The zero-order valence-corrected chi connectivity index (χ0v) is 13.5. The van der Waals surface area contributed by atoms with Crippen molar-refractivity contribution >= 4 is 17.5 Å². The Morgan fingerprint density at radius 1 is 0.880 bits per heavy atom. The molecule has 3 rings (SSSR count). The van der Waals surface area contributed by atoms with Crippen molar-refractivity contribution in [1.82, 2.24) is 0 Å². The Labute approximate surface area is 143 Å². The first-order valence-electron chi connectivity index (χ1n) is 7.85. The summed E-state index contributed by atoms with van der Waals surface area (Å²) in [7, 11) is 0. The molecule has 1 saturated heterocycles. The summed E-state index contributed by atoms with van der Waals surface area (Å²) in [5.41, 5.74) is 1.36. The number of aryl methyl sites for hydroxylation is 1. The van der Waals surface area contributed by atoms with Crippen LogP contribution in [0.1, 0.15) is 35.4 Å². The molecule has 130 valence electrons. The largest absolute Gasteiger partial charge is 0.416 e. The van der Waals surface area contributed by atoms with Crippen LogP contribution in [0.2, 0.25) is 0 Å². The van der Waals surface area contributed by atoms with Gasteiger partial charge in [0, 0.05) is 18.8 Å². The highest BCUT2D eigenvalue weighted by Gasteiger charge is 2.35. The molecule has 2 aromatic rings. The Morgan fingerprint density at radius 2 is 1.40 bits per heavy atom. The molecule has 0 aromatic heterocycles. The smallest absolute Gasteiger partial charge is 0.274 e. The standard InChI is InChI=1S/C19H16F3NO2/c1-12-2-4-13(5-3-12)14-10-17(24)23(18(25)11-14)16-8-6-15(7-9-16)19(20,21)22/h2-9,14H,10-11H2,1H3. The fourth-order valence-corrected chi connectivity index (χ4v) is 2.98. The van der Waals surface area contributed by atoms with Gasteiger partial charge in [-0.05, 0) is 36.8 Å². The van der Waals surface area contributed by atoms with Gasteiger partial charge in [0.05, 0.1) is 11.3 Å². The number of piperidine rings is 1. The number of nitrogens with zero attached hydrogens (tertiary/aromatic N) is 1. The van der Waals surface area contributed by atoms with Crippen molar-refractivity contribution in [2.24, 2.45) is 0 Å². The first-order valence-corrected chi connectivity index (χ1v) is 7.85. The summed E-state index contributed by atoms with van der Waals surface area (Å²) in [5.74, 6) is -1.01. The Hall–Kier alpha value is -2.63. The van der Waals surface area contributed by atoms with Gasteiger partial charge in [0.1, 0.15) is 0 Å². The Kier molecular flexibility index (Phi) is 4.37. The third-order valence-electron chi connectivity index (χ3n) is 4.34. The minimum absolute atomic E-state index is 0.149. The molecule has 6 heteroatoms. The Bertz CT molecular complexity index is 777. The van der Waals surface area contributed by atoms with E-state index in [9.17, 15) is 22.8 Å². The zero-order chi connectivity index (χ0) is 18.2. The number of hydrogen-bond donors (Lipinski definition) is 0. The van der Waals surface area contributed by atoms with Gasteiger partial charge in [-0.25, -0.2) is 0 Å². The first-order chi connectivity index (χ1) is 11.8. The van der Waals surface area contributed by atoms with E-state index in [0.29, 0.717) is 0 Å². The zero-order valence-electron chi connectivity index (χ0n) is 13.5. The van der Waals surface area contributed by atoms with E-state index in [0.717, 1.165) is 40.3 Å². The van der Waals surface area contributed by atoms with Gasteiger partial charge in [0.15, 0.2) is 0 Å². The lowest BCUT2D eigenvalue weighted by atomic mass is 9.88. The highest BCUT2D eigenvalue weighted by Crippen LogP contribution is 2.34. The van der Waals surface area contributed by atoms with Gasteiger partial charge in [-0.2, -0.15) is 13.2 Å². The number of alkyl halides is 3. The average molecular weight is 347 g/mol. The summed E-state index contributed by atoms with van der Waals surface area (Å²) in [6.45, 7) is 1.95. The number of imide groups is 1. The summed E-state index contributed by atoms with van der Waals surface area (Å²) < 4.78 is 37.9. The summed E-state index contributed by atoms with van der Waals surface area (Å²) >= 11 is 0. The molecule has 1 fully saturated rings. The van der Waals surface area contributed by atoms with Crippen LogP contribution in [-0.4, -0.2) is 11.8 Å². The molecule has 0 unspecified atom stereocenters.